The largest absolute Gasteiger partial charge is 0.299 e. The molecule has 0 N–H and O–H groups in total. The monoisotopic (exact) mass is 253 g/mol. The summed E-state index contributed by atoms with van der Waals surface area (Å²) in [6.45, 7) is 6.91. The zero-order valence-corrected chi connectivity index (χ0v) is 11.8. The molecular weight excluding hydrogens is 232 g/mol. The van der Waals surface area contributed by atoms with Gasteiger partial charge in [0.1, 0.15) is 34.5 Å². The van der Waals surface area contributed by atoms with E-state index in [1.54, 1.807) is 0 Å². The maximum absolute atomic E-state index is 11.9. The van der Waals surface area contributed by atoms with E-state index in [2.05, 4.69) is 0 Å². The van der Waals surface area contributed by atoms with E-state index in [1.165, 1.54) is 27.7 Å². The summed E-state index contributed by atoms with van der Waals surface area (Å²) in [6.07, 6.45) is 1.62. The zero-order chi connectivity index (χ0) is 14.5. The Balaban J connectivity index is 5.80. The van der Waals surface area contributed by atoms with E-state index in [9.17, 15) is 19.2 Å². The van der Waals surface area contributed by atoms with Crippen LogP contribution < -0.4 is 0 Å². The predicted molar refractivity (Wildman–Crippen MR) is 67.9 cm³/mol. The molecule has 0 aliphatic heterocycles. The fourth-order valence-electron chi connectivity index (χ4n) is 2.37. The Labute approximate surface area is 108 Å². The van der Waals surface area contributed by atoms with Crippen LogP contribution in [-0.2, 0) is 19.2 Å². The molecule has 0 aromatic heterocycles. The van der Waals surface area contributed by atoms with Crippen LogP contribution >= 0.6 is 0 Å². The van der Waals surface area contributed by atoms with E-state index in [0.717, 1.165) is 6.42 Å². The minimum absolute atomic E-state index is 0.170. The van der Waals surface area contributed by atoms with Crippen LogP contribution in [0.15, 0.2) is 0 Å². The Morgan fingerprint density at radius 1 is 0.833 bits per heavy atom. The first kappa shape index (κ1) is 16.7. The molecule has 4 heteroatoms. The lowest BCUT2D eigenvalue weighted by Gasteiger charge is -2.33. The molecule has 0 bridgehead atoms. The van der Waals surface area contributed by atoms with Gasteiger partial charge >= 0.3 is 0 Å². The second-order valence-corrected chi connectivity index (χ2v) is 4.61. The third kappa shape index (κ3) is 3.12. The molecule has 4 nitrogen and oxygen atoms in total. The molecule has 0 saturated heterocycles. The van der Waals surface area contributed by atoms with Crippen LogP contribution in [0.25, 0.3) is 0 Å². The van der Waals surface area contributed by atoms with Crippen molar-refractivity contribution in [3.63, 3.8) is 0 Å². The molecular formula is C14H21O4. The van der Waals surface area contributed by atoms with Crippen LogP contribution in [0.4, 0.5) is 0 Å². The van der Waals surface area contributed by atoms with Crippen molar-refractivity contribution in [2.24, 2.45) is 5.41 Å². The molecule has 0 fully saturated rings. The second kappa shape index (κ2) is 6.57. The molecule has 0 rings (SSSR count). The molecule has 0 aliphatic rings. The van der Waals surface area contributed by atoms with Gasteiger partial charge in [-0.1, -0.05) is 19.8 Å². The second-order valence-electron chi connectivity index (χ2n) is 4.61. The summed E-state index contributed by atoms with van der Waals surface area (Å²) in [5.74, 6) is -2.02. The number of unbranched alkanes of at least 4 members (excludes halogenated alkanes) is 1. The van der Waals surface area contributed by atoms with E-state index in [4.69, 9.17) is 0 Å². The van der Waals surface area contributed by atoms with Crippen molar-refractivity contribution in [2.75, 3.05) is 0 Å². The smallest absolute Gasteiger partial charge is 0.146 e. The molecule has 101 valence electrons. The summed E-state index contributed by atoms with van der Waals surface area (Å²) < 4.78 is 0. The number of ketones is 4. The van der Waals surface area contributed by atoms with Crippen LogP contribution in [0.1, 0.15) is 53.9 Å². The Bertz CT molecular complexity index is 340. The lowest BCUT2D eigenvalue weighted by molar-refractivity contribution is -0.143. The van der Waals surface area contributed by atoms with Crippen LogP contribution in [-0.4, -0.2) is 23.1 Å². The molecule has 0 aromatic carbocycles. The van der Waals surface area contributed by atoms with Crippen molar-refractivity contribution < 1.29 is 19.2 Å². The molecule has 1 radical (unpaired) electrons. The Hall–Kier alpha value is -1.32. The topological polar surface area (TPSA) is 68.3 Å². The summed E-state index contributed by atoms with van der Waals surface area (Å²) in [6, 6.07) is 0. The van der Waals surface area contributed by atoms with Crippen LogP contribution in [0.2, 0.25) is 0 Å². The minimum atomic E-state index is -1.55. The van der Waals surface area contributed by atoms with E-state index in [1.807, 2.05) is 6.92 Å². The maximum Gasteiger partial charge on any atom is 0.146 e. The van der Waals surface area contributed by atoms with Gasteiger partial charge in [0.2, 0.25) is 0 Å². The number of carbonyl (C=O) groups is 4. The predicted octanol–water partition coefficient (Wildman–Crippen LogP) is 2.09. The Kier molecular flexibility index (Phi) is 6.09. The van der Waals surface area contributed by atoms with Crippen LogP contribution in [0, 0.1) is 11.3 Å². The third-order valence-electron chi connectivity index (χ3n) is 3.24. The van der Waals surface area contributed by atoms with Crippen molar-refractivity contribution in [1.29, 1.82) is 0 Å². The number of hydrogen-bond acceptors (Lipinski definition) is 4. The molecule has 0 unspecified atom stereocenters. The molecule has 0 aliphatic carbocycles. The van der Waals surface area contributed by atoms with E-state index < -0.39 is 28.5 Å². The summed E-state index contributed by atoms with van der Waals surface area (Å²) in [4.78, 5) is 47.1. The maximum atomic E-state index is 11.9. The normalized spacial score (nSPS) is 11.4. The fraction of sp³-hybridized carbons (Fsp3) is 0.643. The molecule has 0 heterocycles. The van der Waals surface area contributed by atoms with Gasteiger partial charge in [-0.25, -0.2) is 0 Å². The van der Waals surface area contributed by atoms with Gasteiger partial charge in [-0.05, 0) is 34.1 Å². The summed E-state index contributed by atoms with van der Waals surface area (Å²) in [5.41, 5.74) is -1.55. The SMILES string of the molecule is CCCCC([C](C(C)=O)C(C)=O)(C(C)=O)C(C)=O. The van der Waals surface area contributed by atoms with Gasteiger partial charge in [0.25, 0.3) is 0 Å². The first-order valence-corrected chi connectivity index (χ1v) is 6.13. The average Bonchev–Trinajstić information content (AvgIpc) is 2.21. The van der Waals surface area contributed by atoms with Crippen molar-refractivity contribution >= 4 is 23.1 Å². The van der Waals surface area contributed by atoms with E-state index in [-0.39, 0.29) is 12.3 Å². The van der Waals surface area contributed by atoms with Gasteiger partial charge in [-0.2, -0.15) is 0 Å². The van der Waals surface area contributed by atoms with Gasteiger partial charge in [-0.15, -0.1) is 0 Å². The number of hydrogen-bond donors (Lipinski definition) is 0. The first-order valence-electron chi connectivity index (χ1n) is 6.13. The molecule has 18 heavy (non-hydrogen) atoms. The number of Topliss-reactive ketones (excluding diaryl/α,β-unsaturated/α-hetero) is 4. The van der Waals surface area contributed by atoms with Crippen molar-refractivity contribution in [3.05, 3.63) is 5.92 Å². The highest BCUT2D eigenvalue weighted by atomic mass is 16.2. The zero-order valence-electron chi connectivity index (χ0n) is 11.8. The number of rotatable bonds is 8. The van der Waals surface area contributed by atoms with Gasteiger partial charge in [-0.3, -0.25) is 19.2 Å². The standard InChI is InChI=1S/C14H21O4/c1-6-7-8-14(11(4)17,12(5)18)13(9(2)15)10(3)16/h6-8H2,1-5H3. The lowest BCUT2D eigenvalue weighted by atomic mass is 9.64. The average molecular weight is 253 g/mol. The highest BCUT2D eigenvalue weighted by Crippen LogP contribution is 2.38. The fourth-order valence-corrected chi connectivity index (χ4v) is 2.37. The van der Waals surface area contributed by atoms with Gasteiger partial charge < -0.3 is 0 Å². The first-order chi connectivity index (χ1) is 8.21. The van der Waals surface area contributed by atoms with E-state index in [0.29, 0.717) is 6.42 Å². The van der Waals surface area contributed by atoms with Crippen molar-refractivity contribution in [1.82, 2.24) is 0 Å². The quantitative estimate of drug-likeness (QED) is 0.621. The molecule has 0 aromatic rings. The van der Waals surface area contributed by atoms with Crippen molar-refractivity contribution in [2.45, 2.75) is 53.9 Å². The third-order valence-corrected chi connectivity index (χ3v) is 3.24. The Morgan fingerprint density at radius 3 is 1.44 bits per heavy atom. The molecule has 0 atom stereocenters. The number of carbonyl (C=O) groups excluding carboxylic acids is 4. The van der Waals surface area contributed by atoms with Crippen molar-refractivity contribution in [3.8, 4) is 0 Å². The Morgan fingerprint density at radius 2 is 1.22 bits per heavy atom. The van der Waals surface area contributed by atoms with E-state index >= 15 is 0 Å². The van der Waals surface area contributed by atoms with Crippen LogP contribution in [0.3, 0.4) is 0 Å². The summed E-state index contributed by atoms with van der Waals surface area (Å²) in [5, 5.41) is 0. The van der Waals surface area contributed by atoms with Gasteiger partial charge in [0, 0.05) is 0 Å². The molecule has 0 spiro atoms. The summed E-state index contributed by atoms with van der Waals surface area (Å²) in [7, 11) is 0. The van der Waals surface area contributed by atoms with Gasteiger partial charge in [0.05, 0.1) is 0 Å². The molecule has 0 saturated carbocycles. The summed E-state index contributed by atoms with van der Waals surface area (Å²) >= 11 is 0. The molecule has 0 amide bonds. The highest BCUT2D eigenvalue weighted by molar-refractivity contribution is 6.26. The lowest BCUT2D eigenvalue weighted by Crippen LogP contribution is -2.47. The minimum Gasteiger partial charge on any atom is -0.299 e. The van der Waals surface area contributed by atoms with Crippen LogP contribution in [0.5, 0.6) is 0 Å². The highest BCUT2D eigenvalue weighted by Gasteiger charge is 2.51. The van der Waals surface area contributed by atoms with Gasteiger partial charge in [0.15, 0.2) is 0 Å².